The second-order valence-corrected chi connectivity index (χ2v) is 4.00. The number of imidazole rings is 2. The van der Waals surface area contributed by atoms with Crippen LogP contribution in [0.15, 0.2) is 37.4 Å². The van der Waals surface area contributed by atoms with Crippen molar-refractivity contribution in [3.8, 4) is 0 Å². The van der Waals surface area contributed by atoms with Gasteiger partial charge in [0.05, 0.1) is 7.05 Å². The van der Waals surface area contributed by atoms with Crippen molar-refractivity contribution in [2.24, 2.45) is 7.05 Å². The molecule has 2 rings (SSSR count). The first kappa shape index (κ1) is 8.99. The maximum Gasteiger partial charge on any atom is 0.247 e. The number of hydrogen-bond acceptors (Lipinski definition) is 0. The molecule has 0 bridgehead atoms. The third-order valence-electron chi connectivity index (χ3n) is 2.58. The standard InChI is InChI=1S/C10H15N4/c1-10(2,13-5-4-11-8-13)14-7-6-12(3)9-14/h4-9H,1-3H3/q+1/p+1. The van der Waals surface area contributed by atoms with Crippen molar-refractivity contribution in [1.82, 2.24) is 9.55 Å². The van der Waals surface area contributed by atoms with Crippen molar-refractivity contribution in [2.75, 3.05) is 0 Å². The molecule has 0 fully saturated rings. The highest BCUT2D eigenvalue weighted by Crippen LogP contribution is 2.08. The highest BCUT2D eigenvalue weighted by atomic mass is 15.3. The van der Waals surface area contributed by atoms with Crippen LogP contribution in [0, 0.1) is 0 Å². The van der Waals surface area contributed by atoms with Crippen LogP contribution < -0.4 is 9.13 Å². The average molecular weight is 192 g/mol. The van der Waals surface area contributed by atoms with E-state index >= 15 is 0 Å². The Morgan fingerprint density at radius 1 is 1.29 bits per heavy atom. The van der Waals surface area contributed by atoms with E-state index in [4.69, 9.17) is 0 Å². The van der Waals surface area contributed by atoms with Gasteiger partial charge in [-0.2, -0.15) is 9.13 Å². The summed E-state index contributed by atoms with van der Waals surface area (Å²) >= 11 is 0. The van der Waals surface area contributed by atoms with E-state index in [1.807, 2.05) is 36.5 Å². The van der Waals surface area contributed by atoms with E-state index in [-0.39, 0.29) is 5.66 Å². The van der Waals surface area contributed by atoms with E-state index in [9.17, 15) is 0 Å². The summed E-state index contributed by atoms with van der Waals surface area (Å²) in [5, 5.41) is 0. The van der Waals surface area contributed by atoms with Gasteiger partial charge in [-0.05, 0) is 0 Å². The van der Waals surface area contributed by atoms with E-state index in [0.29, 0.717) is 0 Å². The molecule has 0 spiro atoms. The zero-order valence-corrected chi connectivity index (χ0v) is 8.81. The predicted molar refractivity (Wildman–Crippen MR) is 51.3 cm³/mol. The molecule has 2 aromatic rings. The number of nitrogens with zero attached hydrogens (tertiary/aromatic N) is 3. The van der Waals surface area contributed by atoms with Crippen LogP contribution in [0.2, 0.25) is 0 Å². The van der Waals surface area contributed by atoms with Gasteiger partial charge in [0.2, 0.25) is 18.3 Å². The average Bonchev–Trinajstić information content (AvgIpc) is 2.72. The number of hydrogen-bond donors (Lipinski definition) is 1. The molecule has 14 heavy (non-hydrogen) atoms. The van der Waals surface area contributed by atoms with Gasteiger partial charge in [0.15, 0.2) is 0 Å². The SMILES string of the molecule is C[n+]1ccn(C(C)(C)[n+]2cc[nH]c2)c1. The Balaban J connectivity index is 2.42. The Kier molecular flexibility index (Phi) is 1.91. The zero-order valence-electron chi connectivity index (χ0n) is 8.81. The van der Waals surface area contributed by atoms with Crippen molar-refractivity contribution in [3.05, 3.63) is 37.4 Å². The molecule has 0 amide bonds. The van der Waals surface area contributed by atoms with Gasteiger partial charge in [0, 0.05) is 13.8 Å². The first-order valence-electron chi connectivity index (χ1n) is 4.69. The van der Waals surface area contributed by atoms with E-state index in [1.54, 1.807) is 0 Å². The molecular weight excluding hydrogens is 176 g/mol. The Hall–Kier alpha value is -1.58. The third kappa shape index (κ3) is 1.32. The Morgan fingerprint density at radius 2 is 2.07 bits per heavy atom. The van der Waals surface area contributed by atoms with Crippen molar-refractivity contribution >= 4 is 0 Å². The highest BCUT2D eigenvalue weighted by Gasteiger charge is 2.31. The molecule has 0 unspecified atom stereocenters. The fraction of sp³-hybridized carbons (Fsp3) is 0.400. The molecule has 0 atom stereocenters. The lowest BCUT2D eigenvalue weighted by molar-refractivity contribution is -0.765. The minimum atomic E-state index is -0.0821. The Morgan fingerprint density at radius 3 is 2.57 bits per heavy atom. The quantitative estimate of drug-likeness (QED) is 0.657. The molecule has 2 heterocycles. The monoisotopic (exact) mass is 192 g/mol. The van der Waals surface area contributed by atoms with Crippen LogP contribution >= 0.6 is 0 Å². The Bertz CT molecular complexity index is 411. The molecule has 74 valence electrons. The van der Waals surface area contributed by atoms with Gasteiger partial charge in [-0.1, -0.05) is 0 Å². The smallest absolute Gasteiger partial charge is 0.247 e. The summed E-state index contributed by atoms with van der Waals surface area (Å²) in [6.07, 6.45) is 12.1. The molecule has 0 aromatic carbocycles. The molecule has 0 aliphatic heterocycles. The van der Waals surface area contributed by atoms with Gasteiger partial charge in [-0.25, -0.2) is 4.57 Å². The van der Waals surface area contributed by atoms with E-state index in [0.717, 1.165) is 0 Å². The maximum absolute atomic E-state index is 3.06. The fourth-order valence-corrected chi connectivity index (χ4v) is 1.54. The lowest BCUT2D eigenvalue weighted by atomic mass is 10.2. The minimum Gasteiger partial charge on any atom is -0.250 e. The third-order valence-corrected chi connectivity index (χ3v) is 2.58. The summed E-state index contributed by atoms with van der Waals surface area (Å²) < 4.78 is 6.34. The van der Waals surface area contributed by atoms with Gasteiger partial charge >= 0.3 is 0 Å². The van der Waals surface area contributed by atoms with Crippen molar-refractivity contribution in [2.45, 2.75) is 19.5 Å². The number of H-pyrrole nitrogens is 1. The number of nitrogens with one attached hydrogen (secondary N) is 1. The predicted octanol–water partition coefficient (Wildman–Crippen LogP) is 0.169. The molecule has 0 radical (unpaired) electrons. The van der Waals surface area contributed by atoms with Crippen LogP contribution in [0.25, 0.3) is 0 Å². The molecule has 0 aliphatic rings. The number of aromatic nitrogens is 4. The van der Waals surface area contributed by atoms with Crippen LogP contribution in [-0.4, -0.2) is 9.55 Å². The van der Waals surface area contributed by atoms with Crippen LogP contribution in [-0.2, 0) is 12.7 Å². The molecule has 4 nitrogen and oxygen atoms in total. The second kappa shape index (κ2) is 2.97. The number of rotatable bonds is 2. The molecule has 0 aliphatic carbocycles. The fourth-order valence-electron chi connectivity index (χ4n) is 1.54. The van der Waals surface area contributed by atoms with Gasteiger partial charge in [0.1, 0.15) is 24.8 Å². The molecule has 0 saturated carbocycles. The summed E-state index contributed by atoms with van der Waals surface area (Å²) in [6, 6.07) is 0. The van der Waals surface area contributed by atoms with Crippen LogP contribution in [0.4, 0.5) is 0 Å². The molecule has 2 aromatic heterocycles. The van der Waals surface area contributed by atoms with Crippen molar-refractivity contribution in [3.63, 3.8) is 0 Å². The van der Waals surface area contributed by atoms with Gasteiger partial charge < -0.3 is 0 Å². The van der Waals surface area contributed by atoms with Crippen molar-refractivity contribution in [1.29, 1.82) is 0 Å². The van der Waals surface area contributed by atoms with Crippen LogP contribution in [0.5, 0.6) is 0 Å². The first-order valence-corrected chi connectivity index (χ1v) is 4.69. The second-order valence-electron chi connectivity index (χ2n) is 4.00. The summed E-state index contributed by atoms with van der Waals surface area (Å²) in [5.41, 5.74) is -0.0821. The minimum absolute atomic E-state index is 0.0821. The van der Waals surface area contributed by atoms with Crippen LogP contribution in [0.1, 0.15) is 13.8 Å². The van der Waals surface area contributed by atoms with Gasteiger partial charge in [-0.15, -0.1) is 0 Å². The number of aryl methyl sites for hydroxylation is 1. The van der Waals surface area contributed by atoms with E-state index in [2.05, 4.69) is 40.5 Å². The topological polar surface area (TPSA) is 28.5 Å². The van der Waals surface area contributed by atoms with Gasteiger partial charge in [0.25, 0.3) is 0 Å². The Labute approximate surface area is 83.4 Å². The molecular formula is C10H16N4+2. The maximum atomic E-state index is 3.06. The molecule has 4 heteroatoms. The normalized spacial score (nSPS) is 11.9. The van der Waals surface area contributed by atoms with Gasteiger partial charge in [-0.3, -0.25) is 4.98 Å². The van der Waals surface area contributed by atoms with E-state index in [1.165, 1.54) is 0 Å². The summed E-state index contributed by atoms with van der Waals surface area (Å²) in [4.78, 5) is 3.06. The number of aromatic amines is 1. The zero-order chi connectivity index (χ0) is 10.2. The highest BCUT2D eigenvalue weighted by molar-refractivity contribution is 4.75. The lowest BCUT2D eigenvalue weighted by Crippen LogP contribution is -2.55. The first-order chi connectivity index (χ1) is 6.60. The van der Waals surface area contributed by atoms with Crippen LogP contribution in [0.3, 0.4) is 0 Å². The summed E-state index contributed by atoms with van der Waals surface area (Å²) in [6.45, 7) is 4.34. The lowest BCUT2D eigenvalue weighted by Gasteiger charge is -2.16. The molecule has 0 saturated heterocycles. The summed E-state index contributed by atoms with van der Waals surface area (Å²) in [5.74, 6) is 0. The summed E-state index contributed by atoms with van der Waals surface area (Å²) in [7, 11) is 2.02. The van der Waals surface area contributed by atoms with E-state index < -0.39 is 0 Å². The largest absolute Gasteiger partial charge is 0.250 e. The molecule has 1 N–H and O–H groups in total. The van der Waals surface area contributed by atoms with Crippen molar-refractivity contribution < 1.29 is 9.13 Å².